The lowest BCUT2D eigenvalue weighted by molar-refractivity contribution is 0.0607. The van der Waals surface area contributed by atoms with Crippen molar-refractivity contribution in [3.8, 4) is 0 Å². The lowest BCUT2D eigenvalue weighted by Crippen LogP contribution is -2.44. The molecule has 0 unspecified atom stereocenters. The van der Waals surface area contributed by atoms with E-state index >= 15 is 0 Å². The van der Waals surface area contributed by atoms with Gasteiger partial charge >= 0.3 is 0 Å². The summed E-state index contributed by atoms with van der Waals surface area (Å²) in [7, 11) is 0. The molecule has 0 spiro atoms. The predicted octanol–water partition coefficient (Wildman–Crippen LogP) is 4.91. The molecule has 1 aliphatic rings. The van der Waals surface area contributed by atoms with E-state index in [-0.39, 0.29) is 23.9 Å². The molecule has 0 radical (unpaired) electrons. The highest BCUT2D eigenvalue weighted by atomic mass is 32.1. The van der Waals surface area contributed by atoms with Crippen LogP contribution >= 0.6 is 11.3 Å². The Kier molecular flexibility index (Phi) is 6.79. The van der Waals surface area contributed by atoms with E-state index in [0.717, 1.165) is 36.9 Å². The first-order chi connectivity index (χ1) is 15.1. The lowest BCUT2D eigenvalue weighted by Gasteiger charge is -2.36. The van der Waals surface area contributed by atoms with Gasteiger partial charge in [0.25, 0.3) is 11.8 Å². The third-order valence-corrected chi connectivity index (χ3v) is 6.68. The molecule has 0 bridgehead atoms. The maximum absolute atomic E-state index is 13.5. The molecule has 4 rings (SSSR count). The van der Waals surface area contributed by atoms with E-state index in [4.69, 9.17) is 5.73 Å². The van der Waals surface area contributed by atoms with Gasteiger partial charge in [0, 0.05) is 29.9 Å². The first kappa shape index (κ1) is 21.3. The number of benzene rings is 2. The van der Waals surface area contributed by atoms with Gasteiger partial charge in [-0.2, -0.15) is 0 Å². The number of thiophene rings is 1. The highest BCUT2D eigenvalue weighted by molar-refractivity contribution is 7.12. The van der Waals surface area contributed by atoms with E-state index in [2.05, 4.69) is 5.32 Å². The summed E-state index contributed by atoms with van der Waals surface area (Å²) in [5.74, 6) is -0.118. The molecule has 3 aromatic rings. The first-order valence-electron chi connectivity index (χ1n) is 10.7. The Hall–Kier alpha value is -2.96. The van der Waals surface area contributed by atoms with Gasteiger partial charge in [-0.1, -0.05) is 42.5 Å². The number of rotatable bonds is 6. The second kappa shape index (κ2) is 9.90. The molecule has 0 atom stereocenters. The Bertz CT molecular complexity index is 1010. The normalized spacial score (nSPS) is 18.4. The standard InChI is InChI=1S/C25H27N3O2S/c26-20-12-14-21(15-13-20)28(25(30)18-7-2-1-3-8-18)17-19-9-4-5-10-22(19)27-24(29)23-11-6-16-31-23/h1-11,16,20-21H,12-15,17,26H2,(H,27,29). The third kappa shape index (κ3) is 5.21. The molecule has 0 aliphatic heterocycles. The Morgan fingerprint density at radius 1 is 0.935 bits per heavy atom. The van der Waals surface area contributed by atoms with Crippen molar-refractivity contribution in [2.45, 2.75) is 44.3 Å². The van der Waals surface area contributed by atoms with Crippen LogP contribution in [0.5, 0.6) is 0 Å². The average Bonchev–Trinajstić information content (AvgIpc) is 3.35. The van der Waals surface area contributed by atoms with Crippen molar-refractivity contribution in [1.29, 1.82) is 0 Å². The summed E-state index contributed by atoms with van der Waals surface area (Å²) in [5, 5.41) is 4.90. The number of carbonyl (C=O) groups is 2. The fourth-order valence-electron chi connectivity index (χ4n) is 4.08. The maximum Gasteiger partial charge on any atom is 0.265 e. The molecule has 160 valence electrons. The topological polar surface area (TPSA) is 75.4 Å². The number of hydrogen-bond acceptors (Lipinski definition) is 4. The molecule has 3 N–H and O–H groups in total. The van der Waals surface area contributed by atoms with Crippen LogP contribution in [0.1, 0.15) is 51.3 Å². The summed E-state index contributed by atoms with van der Waals surface area (Å²) in [6, 6.07) is 21.1. The van der Waals surface area contributed by atoms with Gasteiger partial charge in [0.2, 0.25) is 0 Å². The van der Waals surface area contributed by atoms with Gasteiger partial charge in [-0.25, -0.2) is 0 Å². The van der Waals surface area contributed by atoms with Crippen LogP contribution in [-0.4, -0.2) is 28.8 Å². The molecule has 1 aliphatic carbocycles. The second-order valence-corrected chi connectivity index (χ2v) is 8.90. The summed E-state index contributed by atoms with van der Waals surface area (Å²) < 4.78 is 0. The predicted molar refractivity (Wildman–Crippen MR) is 125 cm³/mol. The lowest BCUT2D eigenvalue weighted by atomic mass is 9.90. The SMILES string of the molecule is NC1CCC(N(Cc2ccccc2NC(=O)c2cccs2)C(=O)c2ccccc2)CC1. The van der Waals surface area contributed by atoms with Crippen LogP contribution in [0.3, 0.4) is 0 Å². The molecule has 31 heavy (non-hydrogen) atoms. The Labute approximate surface area is 186 Å². The van der Waals surface area contributed by atoms with Gasteiger partial charge in [-0.3, -0.25) is 9.59 Å². The zero-order chi connectivity index (χ0) is 21.6. The molecular formula is C25H27N3O2S. The number of hydrogen-bond donors (Lipinski definition) is 2. The van der Waals surface area contributed by atoms with Crippen molar-refractivity contribution in [1.82, 2.24) is 4.90 Å². The minimum Gasteiger partial charge on any atom is -0.331 e. The van der Waals surface area contributed by atoms with E-state index in [0.29, 0.717) is 17.0 Å². The van der Waals surface area contributed by atoms with E-state index in [1.165, 1.54) is 11.3 Å². The Balaban J connectivity index is 1.59. The van der Waals surface area contributed by atoms with Crippen LogP contribution in [0.4, 0.5) is 5.69 Å². The van der Waals surface area contributed by atoms with Crippen LogP contribution in [0.25, 0.3) is 0 Å². The first-order valence-corrected chi connectivity index (χ1v) is 11.5. The van der Waals surface area contributed by atoms with Gasteiger partial charge in [0.05, 0.1) is 4.88 Å². The van der Waals surface area contributed by atoms with Crippen LogP contribution in [0.2, 0.25) is 0 Å². The fraction of sp³-hybridized carbons (Fsp3) is 0.280. The van der Waals surface area contributed by atoms with Gasteiger partial charge in [-0.05, 0) is 60.9 Å². The van der Waals surface area contributed by atoms with Crippen molar-refractivity contribution in [2.75, 3.05) is 5.32 Å². The third-order valence-electron chi connectivity index (χ3n) is 5.81. The molecule has 1 saturated carbocycles. The molecule has 2 amide bonds. The maximum atomic E-state index is 13.5. The van der Waals surface area contributed by atoms with Crippen LogP contribution in [0.15, 0.2) is 72.1 Å². The van der Waals surface area contributed by atoms with E-state index in [1.54, 1.807) is 6.07 Å². The average molecular weight is 434 g/mol. The summed E-state index contributed by atoms with van der Waals surface area (Å²) in [6.45, 7) is 0.439. The zero-order valence-electron chi connectivity index (χ0n) is 17.4. The van der Waals surface area contributed by atoms with E-state index < -0.39 is 0 Å². The number of nitrogens with one attached hydrogen (secondary N) is 1. The highest BCUT2D eigenvalue weighted by Crippen LogP contribution is 2.28. The Morgan fingerprint density at radius 2 is 1.65 bits per heavy atom. The number of carbonyl (C=O) groups excluding carboxylic acids is 2. The van der Waals surface area contributed by atoms with Gasteiger partial charge in [0.15, 0.2) is 0 Å². The van der Waals surface area contributed by atoms with Crippen molar-refractivity contribution in [2.24, 2.45) is 5.73 Å². The van der Waals surface area contributed by atoms with Crippen molar-refractivity contribution < 1.29 is 9.59 Å². The summed E-state index contributed by atoms with van der Waals surface area (Å²) >= 11 is 1.41. The number of para-hydroxylation sites is 1. The smallest absolute Gasteiger partial charge is 0.265 e. The summed E-state index contributed by atoms with van der Waals surface area (Å²) in [5.41, 5.74) is 8.45. The molecule has 1 fully saturated rings. The van der Waals surface area contributed by atoms with Gasteiger partial charge in [0.1, 0.15) is 0 Å². The van der Waals surface area contributed by atoms with Crippen molar-refractivity contribution in [3.63, 3.8) is 0 Å². The monoisotopic (exact) mass is 433 g/mol. The zero-order valence-corrected chi connectivity index (χ0v) is 18.2. The molecule has 1 heterocycles. The van der Waals surface area contributed by atoms with Gasteiger partial charge < -0.3 is 16.0 Å². The van der Waals surface area contributed by atoms with Crippen LogP contribution < -0.4 is 11.1 Å². The number of anilines is 1. The van der Waals surface area contributed by atoms with Crippen molar-refractivity contribution >= 4 is 28.8 Å². The van der Waals surface area contributed by atoms with Gasteiger partial charge in [-0.15, -0.1) is 11.3 Å². The van der Waals surface area contributed by atoms with E-state index in [1.807, 2.05) is 70.9 Å². The molecule has 0 saturated heterocycles. The van der Waals surface area contributed by atoms with E-state index in [9.17, 15) is 9.59 Å². The Morgan fingerprint density at radius 3 is 2.35 bits per heavy atom. The molecule has 2 aromatic carbocycles. The summed E-state index contributed by atoms with van der Waals surface area (Å²) in [4.78, 5) is 28.7. The van der Waals surface area contributed by atoms with Crippen LogP contribution in [0, 0.1) is 0 Å². The second-order valence-electron chi connectivity index (χ2n) is 7.96. The number of nitrogens with zero attached hydrogens (tertiary/aromatic N) is 1. The highest BCUT2D eigenvalue weighted by Gasteiger charge is 2.29. The molecule has 5 nitrogen and oxygen atoms in total. The molecular weight excluding hydrogens is 406 g/mol. The quantitative estimate of drug-likeness (QED) is 0.580. The minimum absolute atomic E-state index is 0.0143. The minimum atomic E-state index is -0.132. The van der Waals surface area contributed by atoms with Crippen molar-refractivity contribution in [3.05, 3.63) is 88.1 Å². The number of amides is 2. The number of nitrogens with two attached hydrogens (primary N) is 1. The molecule has 6 heteroatoms. The summed E-state index contributed by atoms with van der Waals surface area (Å²) in [6.07, 6.45) is 3.62. The van der Waals surface area contributed by atoms with Crippen LogP contribution in [-0.2, 0) is 6.54 Å². The fourth-order valence-corrected chi connectivity index (χ4v) is 4.70. The molecule has 1 aromatic heterocycles. The largest absolute Gasteiger partial charge is 0.331 e.